The van der Waals surface area contributed by atoms with Crippen molar-refractivity contribution >= 4 is 23.2 Å². The van der Waals surface area contributed by atoms with Crippen LogP contribution < -0.4 is 5.32 Å². The maximum absolute atomic E-state index is 12.4. The molecule has 3 aromatic rings. The molecule has 1 aromatic carbocycles. The lowest BCUT2D eigenvalue weighted by molar-refractivity contribution is -0.131. The van der Waals surface area contributed by atoms with Gasteiger partial charge in [0.05, 0.1) is 13.1 Å². The van der Waals surface area contributed by atoms with E-state index in [2.05, 4.69) is 20.4 Å². The van der Waals surface area contributed by atoms with E-state index in [0.717, 1.165) is 11.1 Å². The van der Waals surface area contributed by atoms with Gasteiger partial charge in [0, 0.05) is 42.7 Å². The Kier molecular flexibility index (Phi) is 6.20. The third kappa shape index (κ3) is 4.92. The normalized spacial score (nSPS) is 14.6. The summed E-state index contributed by atoms with van der Waals surface area (Å²) in [4.78, 5) is 33.0. The molecule has 4 rings (SSSR count). The van der Waals surface area contributed by atoms with Crippen LogP contribution in [-0.4, -0.2) is 64.5 Å². The minimum atomic E-state index is -0.236. The summed E-state index contributed by atoms with van der Waals surface area (Å²) in [5.74, 6) is 0.859. The van der Waals surface area contributed by atoms with Crippen LogP contribution in [0.3, 0.4) is 0 Å². The van der Waals surface area contributed by atoms with Crippen LogP contribution in [0.5, 0.6) is 0 Å². The molecule has 2 amide bonds. The third-order valence-corrected chi connectivity index (χ3v) is 5.73. The van der Waals surface area contributed by atoms with Gasteiger partial charge in [0.1, 0.15) is 0 Å². The molecule has 0 radical (unpaired) electrons. The summed E-state index contributed by atoms with van der Waals surface area (Å²) in [5.41, 5.74) is 2.60. The number of benzene rings is 1. The molecule has 0 unspecified atom stereocenters. The minimum Gasteiger partial charge on any atom is -0.343 e. The van der Waals surface area contributed by atoms with Crippen LogP contribution >= 0.6 is 11.3 Å². The summed E-state index contributed by atoms with van der Waals surface area (Å²) in [6.45, 7) is 5.16. The number of carbonyl (C=O) groups is 2. The minimum absolute atomic E-state index is 0.000367. The average molecular weight is 426 g/mol. The van der Waals surface area contributed by atoms with Gasteiger partial charge in [-0.1, -0.05) is 22.9 Å². The Hall–Kier alpha value is -3.04. The molecule has 0 spiro atoms. The average Bonchev–Trinajstić information content (AvgIpc) is 3.45. The van der Waals surface area contributed by atoms with Gasteiger partial charge in [-0.15, -0.1) is 0 Å². The van der Waals surface area contributed by atoms with Crippen LogP contribution in [-0.2, 0) is 11.3 Å². The molecule has 1 N–H and O–H groups in total. The lowest BCUT2D eigenvalue weighted by Crippen LogP contribution is -2.50. The summed E-state index contributed by atoms with van der Waals surface area (Å²) in [7, 11) is 0. The van der Waals surface area contributed by atoms with Crippen molar-refractivity contribution in [3.63, 3.8) is 0 Å². The van der Waals surface area contributed by atoms with Crippen LogP contribution in [0, 0.1) is 6.92 Å². The van der Waals surface area contributed by atoms with Gasteiger partial charge in [-0.25, -0.2) is 0 Å². The highest BCUT2D eigenvalue weighted by molar-refractivity contribution is 7.08. The summed E-state index contributed by atoms with van der Waals surface area (Å²) >= 11 is 1.59. The van der Waals surface area contributed by atoms with E-state index < -0.39 is 0 Å². The maximum atomic E-state index is 12.4. The third-order valence-electron chi connectivity index (χ3n) is 5.05. The van der Waals surface area contributed by atoms with Crippen molar-refractivity contribution in [2.75, 3.05) is 32.7 Å². The van der Waals surface area contributed by atoms with Gasteiger partial charge >= 0.3 is 0 Å². The number of piperazine rings is 1. The van der Waals surface area contributed by atoms with E-state index in [1.807, 2.05) is 35.9 Å². The van der Waals surface area contributed by atoms with Crippen molar-refractivity contribution in [3.8, 4) is 11.4 Å². The number of nitrogens with one attached hydrogen (secondary N) is 1. The topological polar surface area (TPSA) is 91.6 Å². The van der Waals surface area contributed by atoms with E-state index in [1.165, 1.54) is 0 Å². The van der Waals surface area contributed by atoms with Gasteiger partial charge in [-0.3, -0.25) is 14.5 Å². The molecular weight excluding hydrogens is 402 g/mol. The first-order valence-electron chi connectivity index (χ1n) is 9.78. The van der Waals surface area contributed by atoms with Gasteiger partial charge in [-0.2, -0.15) is 16.3 Å². The smallest absolute Gasteiger partial charge is 0.251 e. The molecule has 3 heterocycles. The molecule has 0 aliphatic carbocycles. The largest absolute Gasteiger partial charge is 0.343 e. The molecule has 0 saturated carbocycles. The van der Waals surface area contributed by atoms with E-state index in [9.17, 15) is 9.59 Å². The molecular formula is C21H23N5O3S. The fraction of sp³-hybridized carbons (Fsp3) is 0.333. The van der Waals surface area contributed by atoms with Gasteiger partial charge in [0.15, 0.2) is 0 Å². The molecule has 30 heavy (non-hydrogen) atoms. The SMILES string of the molecule is Cc1ccc(C(=O)NCC(=O)N2CCN(Cc3nc(-c4ccsc4)no3)CC2)cc1. The van der Waals surface area contributed by atoms with Crippen molar-refractivity contribution in [2.45, 2.75) is 13.5 Å². The number of hydrogen-bond donors (Lipinski definition) is 1. The summed E-state index contributed by atoms with van der Waals surface area (Å²) in [6, 6.07) is 9.23. The van der Waals surface area contributed by atoms with Gasteiger partial charge in [0.25, 0.3) is 5.91 Å². The van der Waals surface area contributed by atoms with E-state index in [1.54, 1.807) is 28.4 Å². The van der Waals surface area contributed by atoms with Crippen LogP contribution in [0.2, 0.25) is 0 Å². The van der Waals surface area contributed by atoms with Gasteiger partial charge in [-0.05, 0) is 30.5 Å². The van der Waals surface area contributed by atoms with Crippen molar-refractivity contribution in [2.24, 2.45) is 0 Å². The number of thiophene rings is 1. The molecule has 9 heteroatoms. The van der Waals surface area contributed by atoms with Gasteiger partial charge in [0.2, 0.25) is 17.6 Å². The quantitative estimate of drug-likeness (QED) is 0.651. The van der Waals surface area contributed by atoms with Crippen molar-refractivity contribution < 1.29 is 14.1 Å². The molecule has 8 nitrogen and oxygen atoms in total. The summed E-state index contributed by atoms with van der Waals surface area (Å²) < 4.78 is 5.35. The first-order valence-corrected chi connectivity index (χ1v) is 10.7. The Balaban J connectivity index is 1.21. The zero-order valence-corrected chi connectivity index (χ0v) is 17.5. The highest BCUT2D eigenvalue weighted by Crippen LogP contribution is 2.19. The van der Waals surface area contributed by atoms with E-state index in [-0.39, 0.29) is 18.4 Å². The fourth-order valence-corrected chi connectivity index (χ4v) is 3.88. The van der Waals surface area contributed by atoms with E-state index >= 15 is 0 Å². The maximum Gasteiger partial charge on any atom is 0.251 e. The molecule has 2 aromatic heterocycles. The number of carbonyl (C=O) groups excluding carboxylic acids is 2. The first-order chi connectivity index (χ1) is 14.6. The monoisotopic (exact) mass is 425 g/mol. The molecule has 0 bridgehead atoms. The van der Waals surface area contributed by atoms with Crippen molar-refractivity contribution in [1.29, 1.82) is 0 Å². The number of hydrogen-bond acceptors (Lipinski definition) is 7. The standard InChI is InChI=1S/C21H23N5O3S/c1-15-2-4-16(5-3-15)21(28)22-12-19(27)26-9-7-25(8-10-26)13-18-23-20(24-29-18)17-6-11-30-14-17/h2-6,11,14H,7-10,12-13H2,1H3,(H,22,28). The molecule has 0 atom stereocenters. The van der Waals surface area contributed by atoms with Crippen LogP contribution in [0.1, 0.15) is 21.8 Å². The van der Waals surface area contributed by atoms with Crippen LogP contribution in [0.25, 0.3) is 11.4 Å². The van der Waals surface area contributed by atoms with E-state index in [4.69, 9.17) is 4.52 Å². The first kappa shape index (κ1) is 20.2. The van der Waals surface area contributed by atoms with Crippen LogP contribution in [0.15, 0.2) is 45.6 Å². The van der Waals surface area contributed by atoms with Crippen molar-refractivity contribution in [3.05, 3.63) is 58.1 Å². The molecule has 1 aliphatic heterocycles. The molecule has 156 valence electrons. The highest BCUT2D eigenvalue weighted by atomic mass is 32.1. The van der Waals surface area contributed by atoms with Crippen molar-refractivity contribution in [1.82, 2.24) is 25.3 Å². The zero-order chi connectivity index (χ0) is 20.9. The molecule has 1 fully saturated rings. The Morgan fingerprint density at radius 1 is 1.13 bits per heavy atom. The summed E-state index contributed by atoms with van der Waals surface area (Å²) in [5, 5.41) is 10.7. The lowest BCUT2D eigenvalue weighted by atomic mass is 10.1. The molecule has 1 aliphatic rings. The van der Waals surface area contributed by atoms with Crippen LogP contribution in [0.4, 0.5) is 0 Å². The van der Waals surface area contributed by atoms with E-state index in [0.29, 0.717) is 50.0 Å². The summed E-state index contributed by atoms with van der Waals surface area (Å²) in [6.07, 6.45) is 0. The number of nitrogens with zero attached hydrogens (tertiary/aromatic N) is 4. The second kappa shape index (κ2) is 9.19. The Labute approximate surface area is 178 Å². The number of rotatable bonds is 6. The predicted octanol–water partition coefficient (Wildman–Crippen LogP) is 2.18. The number of aromatic nitrogens is 2. The lowest BCUT2D eigenvalue weighted by Gasteiger charge is -2.34. The van der Waals surface area contributed by atoms with Gasteiger partial charge < -0.3 is 14.7 Å². The second-order valence-corrected chi connectivity index (χ2v) is 8.01. The number of aryl methyl sites for hydroxylation is 1. The fourth-order valence-electron chi connectivity index (χ4n) is 3.25. The Morgan fingerprint density at radius 3 is 2.60 bits per heavy atom. The predicted molar refractivity (Wildman–Crippen MR) is 113 cm³/mol. The highest BCUT2D eigenvalue weighted by Gasteiger charge is 2.23. The zero-order valence-electron chi connectivity index (χ0n) is 16.7. The Morgan fingerprint density at radius 2 is 1.90 bits per heavy atom. The second-order valence-electron chi connectivity index (χ2n) is 7.23. The Bertz CT molecular complexity index is 992. The molecule has 1 saturated heterocycles. The number of amides is 2.